The number of benzene rings is 1. The molecule has 0 aliphatic heterocycles. The summed E-state index contributed by atoms with van der Waals surface area (Å²) in [6.45, 7) is 1.51. The Bertz CT molecular complexity index is 399. The second-order valence-corrected chi connectivity index (χ2v) is 5.97. The lowest BCUT2D eigenvalue weighted by Gasteiger charge is -2.07. The van der Waals surface area contributed by atoms with Gasteiger partial charge in [0, 0.05) is 33.6 Å². The van der Waals surface area contributed by atoms with Gasteiger partial charge in [-0.05, 0) is 31.0 Å². The minimum absolute atomic E-state index is 0.0374. The van der Waals surface area contributed by atoms with Crippen molar-refractivity contribution in [3.05, 3.63) is 32.7 Å². The maximum atomic E-state index is 11.8. The Morgan fingerprint density at radius 2 is 1.82 bits per heavy atom. The van der Waals surface area contributed by atoms with Crippen LogP contribution in [-0.4, -0.2) is 25.0 Å². The molecule has 1 aromatic carbocycles. The molecule has 0 bridgehead atoms. The molecule has 3 nitrogen and oxygen atoms in total. The van der Waals surface area contributed by atoms with Crippen LogP contribution >= 0.6 is 31.9 Å². The van der Waals surface area contributed by atoms with Crippen LogP contribution in [0.3, 0.4) is 0 Å². The van der Waals surface area contributed by atoms with Gasteiger partial charge in [-0.25, -0.2) is 0 Å². The fourth-order valence-corrected chi connectivity index (χ4v) is 2.82. The van der Waals surface area contributed by atoms with E-state index in [-0.39, 0.29) is 5.91 Å². The van der Waals surface area contributed by atoms with Crippen LogP contribution in [0.4, 0.5) is 0 Å². The highest BCUT2D eigenvalue weighted by Crippen LogP contribution is 2.20. The first-order valence-corrected chi connectivity index (χ1v) is 7.21. The molecule has 1 aromatic rings. The minimum Gasteiger partial charge on any atom is -0.351 e. The van der Waals surface area contributed by atoms with Gasteiger partial charge in [-0.1, -0.05) is 31.9 Å². The van der Waals surface area contributed by atoms with Gasteiger partial charge in [0.1, 0.15) is 0 Å². The Balaban J connectivity index is 1.80. The summed E-state index contributed by atoms with van der Waals surface area (Å²) < 4.78 is 1.79. The van der Waals surface area contributed by atoms with Gasteiger partial charge in [-0.2, -0.15) is 0 Å². The number of hydrogen-bond acceptors (Lipinski definition) is 2. The highest BCUT2D eigenvalue weighted by atomic mass is 79.9. The van der Waals surface area contributed by atoms with Crippen LogP contribution in [0.1, 0.15) is 23.2 Å². The van der Waals surface area contributed by atoms with Crippen molar-refractivity contribution < 1.29 is 4.79 Å². The molecule has 1 fully saturated rings. The van der Waals surface area contributed by atoms with Crippen LogP contribution in [0.5, 0.6) is 0 Å². The lowest BCUT2D eigenvalue weighted by Crippen LogP contribution is -2.32. The van der Waals surface area contributed by atoms with E-state index in [1.165, 1.54) is 12.8 Å². The molecule has 5 heteroatoms. The molecule has 0 aromatic heterocycles. The normalized spacial score (nSPS) is 14.7. The zero-order valence-corrected chi connectivity index (χ0v) is 12.5. The molecule has 0 radical (unpaired) electrons. The fraction of sp³-hybridized carbons (Fsp3) is 0.417. The summed E-state index contributed by atoms with van der Waals surface area (Å²) in [5.74, 6) is -0.0374. The zero-order chi connectivity index (χ0) is 12.3. The Labute approximate surface area is 118 Å². The number of rotatable bonds is 5. The van der Waals surface area contributed by atoms with Gasteiger partial charge in [0.2, 0.25) is 0 Å². The highest BCUT2D eigenvalue weighted by Gasteiger charge is 2.19. The van der Waals surface area contributed by atoms with E-state index in [1.54, 1.807) is 0 Å². The SMILES string of the molecule is O=C(NCCNC1CC1)c1cc(Br)cc(Br)c1. The Morgan fingerprint density at radius 3 is 2.41 bits per heavy atom. The van der Waals surface area contributed by atoms with Gasteiger partial charge >= 0.3 is 0 Å². The van der Waals surface area contributed by atoms with Crippen molar-refractivity contribution in [2.45, 2.75) is 18.9 Å². The lowest BCUT2D eigenvalue weighted by atomic mass is 10.2. The van der Waals surface area contributed by atoms with E-state index in [1.807, 2.05) is 18.2 Å². The molecule has 17 heavy (non-hydrogen) atoms. The molecule has 2 rings (SSSR count). The molecule has 0 atom stereocenters. The van der Waals surface area contributed by atoms with E-state index in [0.717, 1.165) is 15.5 Å². The quantitative estimate of drug-likeness (QED) is 0.791. The third-order valence-electron chi connectivity index (χ3n) is 2.55. The number of amides is 1. The second kappa shape index (κ2) is 5.98. The van der Waals surface area contributed by atoms with Crippen molar-refractivity contribution >= 4 is 37.8 Å². The Hall–Kier alpha value is -0.390. The van der Waals surface area contributed by atoms with E-state index >= 15 is 0 Å². The van der Waals surface area contributed by atoms with Crippen LogP contribution in [0, 0.1) is 0 Å². The van der Waals surface area contributed by atoms with Crippen LogP contribution in [0.25, 0.3) is 0 Å². The van der Waals surface area contributed by atoms with E-state index < -0.39 is 0 Å². The van der Waals surface area contributed by atoms with Crippen molar-refractivity contribution in [2.75, 3.05) is 13.1 Å². The summed E-state index contributed by atoms with van der Waals surface area (Å²) in [5.41, 5.74) is 0.665. The first kappa shape index (κ1) is 13.1. The average molecular weight is 362 g/mol. The highest BCUT2D eigenvalue weighted by molar-refractivity contribution is 9.11. The molecule has 0 saturated heterocycles. The standard InChI is InChI=1S/C12H14Br2N2O/c13-9-5-8(6-10(14)7-9)12(17)16-4-3-15-11-1-2-11/h5-7,11,15H,1-4H2,(H,16,17). The summed E-state index contributed by atoms with van der Waals surface area (Å²) >= 11 is 6.74. The van der Waals surface area contributed by atoms with Gasteiger partial charge in [0.25, 0.3) is 5.91 Å². The minimum atomic E-state index is -0.0374. The first-order chi connectivity index (χ1) is 8.15. The molecule has 1 aliphatic carbocycles. The predicted octanol–water partition coefficient (Wildman–Crippen LogP) is 2.69. The summed E-state index contributed by atoms with van der Waals surface area (Å²) in [5, 5.41) is 6.25. The van der Waals surface area contributed by atoms with Gasteiger partial charge in [0.15, 0.2) is 0 Å². The molecule has 92 valence electrons. The largest absolute Gasteiger partial charge is 0.351 e. The summed E-state index contributed by atoms with van der Waals surface area (Å²) in [7, 11) is 0. The van der Waals surface area contributed by atoms with Crippen molar-refractivity contribution in [2.24, 2.45) is 0 Å². The van der Waals surface area contributed by atoms with E-state index in [0.29, 0.717) is 18.2 Å². The van der Waals surface area contributed by atoms with Crippen molar-refractivity contribution in [3.8, 4) is 0 Å². The molecule has 1 amide bonds. The molecule has 1 saturated carbocycles. The number of nitrogens with one attached hydrogen (secondary N) is 2. The average Bonchev–Trinajstić information content (AvgIpc) is 3.06. The van der Waals surface area contributed by atoms with Gasteiger partial charge in [0.05, 0.1) is 0 Å². The maximum Gasteiger partial charge on any atom is 0.251 e. The summed E-state index contributed by atoms with van der Waals surface area (Å²) in [6.07, 6.45) is 2.54. The predicted molar refractivity (Wildman–Crippen MR) is 75.2 cm³/mol. The third kappa shape index (κ3) is 4.41. The maximum absolute atomic E-state index is 11.8. The van der Waals surface area contributed by atoms with Gasteiger partial charge in [-0.15, -0.1) is 0 Å². The molecule has 0 heterocycles. The Kier molecular flexibility index (Phi) is 4.59. The van der Waals surface area contributed by atoms with E-state index in [2.05, 4.69) is 42.5 Å². The molecular formula is C12H14Br2N2O. The van der Waals surface area contributed by atoms with Gasteiger partial charge in [-0.3, -0.25) is 4.79 Å². The smallest absolute Gasteiger partial charge is 0.251 e. The molecule has 2 N–H and O–H groups in total. The van der Waals surface area contributed by atoms with E-state index in [4.69, 9.17) is 0 Å². The van der Waals surface area contributed by atoms with Crippen molar-refractivity contribution in [1.82, 2.24) is 10.6 Å². The molecule has 0 spiro atoms. The topological polar surface area (TPSA) is 41.1 Å². The number of carbonyl (C=O) groups is 1. The van der Waals surface area contributed by atoms with Crippen LogP contribution in [-0.2, 0) is 0 Å². The van der Waals surface area contributed by atoms with Crippen molar-refractivity contribution in [3.63, 3.8) is 0 Å². The van der Waals surface area contributed by atoms with Crippen LogP contribution in [0.2, 0.25) is 0 Å². The molecule has 0 unspecified atom stereocenters. The summed E-state index contributed by atoms with van der Waals surface area (Å²) in [4.78, 5) is 11.8. The number of hydrogen-bond donors (Lipinski definition) is 2. The van der Waals surface area contributed by atoms with E-state index in [9.17, 15) is 4.79 Å². The lowest BCUT2D eigenvalue weighted by molar-refractivity contribution is 0.0953. The van der Waals surface area contributed by atoms with Crippen molar-refractivity contribution in [1.29, 1.82) is 0 Å². The summed E-state index contributed by atoms with van der Waals surface area (Å²) in [6, 6.07) is 6.22. The number of carbonyl (C=O) groups excluding carboxylic acids is 1. The molecule has 1 aliphatic rings. The third-order valence-corrected chi connectivity index (χ3v) is 3.46. The van der Waals surface area contributed by atoms with Gasteiger partial charge < -0.3 is 10.6 Å². The fourth-order valence-electron chi connectivity index (χ4n) is 1.53. The Morgan fingerprint density at radius 1 is 1.18 bits per heavy atom. The van der Waals surface area contributed by atoms with Crippen LogP contribution < -0.4 is 10.6 Å². The number of halogens is 2. The van der Waals surface area contributed by atoms with Crippen LogP contribution in [0.15, 0.2) is 27.1 Å². The first-order valence-electron chi connectivity index (χ1n) is 5.63. The second-order valence-electron chi connectivity index (χ2n) is 4.14. The molecular weight excluding hydrogens is 348 g/mol. The zero-order valence-electron chi connectivity index (χ0n) is 9.30. The monoisotopic (exact) mass is 360 g/mol.